The van der Waals surface area contributed by atoms with Gasteiger partial charge in [-0.05, 0) is 73.9 Å². The van der Waals surface area contributed by atoms with Crippen LogP contribution in [0.15, 0.2) is 30.5 Å². The number of anilines is 1. The number of carbonyl (C=O) groups excluding carboxylic acids is 4. The fourth-order valence-electron chi connectivity index (χ4n) is 6.51. The predicted molar refractivity (Wildman–Crippen MR) is 163 cm³/mol. The summed E-state index contributed by atoms with van der Waals surface area (Å²) in [5.41, 5.74) is 7.38. The highest BCUT2D eigenvalue weighted by Crippen LogP contribution is 2.59. The molecule has 2 aliphatic rings. The molecule has 0 bridgehead atoms. The number of hydrogen-bond donors (Lipinski definition) is 2. The maximum atomic E-state index is 13.9. The van der Waals surface area contributed by atoms with Crippen molar-refractivity contribution in [3.05, 3.63) is 64.5 Å². The maximum Gasteiger partial charge on any atom is 0.433 e. The number of ketones is 1. The third-order valence-electron chi connectivity index (χ3n) is 9.02. The van der Waals surface area contributed by atoms with Gasteiger partial charge in [0.15, 0.2) is 5.78 Å². The van der Waals surface area contributed by atoms with Crippen LogP contribution in [0.4, 0.5) is 19.0 Å². The molecule has 4 heterocycles. The number of piperidine rings is 1. The van der Waals surface area contributed by atoms with Crippen molar-refractivity contribution in [2.45, 2.75) is 72.3 Å². The first kappa shape index (κ1) is 31.8. The Hall–Kier alpha value is -5.21. The van der Waals surface area contributed by atoms with E-state index in [1.165, 1.54) is 35.7 Å². The molecule has 1 aromatic carbocycles. The van der Waals surface area contributed by atoms with Gasteiger partial charge in [-0.3, -0.25) is 23.9 Å². The molecule has 3 atom stereocenters. The van der Waals surface area contributed by atoms with Crippen LogP contribution in [0.3, 0.4) is 0 Å². The lowest BCUT2D eigenvalue weighted by molar-refractivity contribution is -0.141. The average Bonchev–Trinajstić information content (AvgIpc) is 3.33. The number of benzene rings is 1. The predicted octanol–water partition coefficient (Wildman–Crippen LogP) is 4.15. The van der Waals surface area contributed by atoms with Crippen LogP contribution >= 0.6 is 0 Å². The first-order valence-electron chi connectivity index (χ1n) is 14.8. The number of hydrogen-bond acceptors (Lipinski definition) is 8. The molecule has 1 saturated carbocycles. The van der Waals surface area contributed by atoms with Gasteiger partial charge in [0.1, 0.15) is 29.8 Å². The van der Waals surface area contributed by atoms with E-state index < -0.39 is 35.6 Å². The van der Waals surface area contributed by atoms with Crippen molar-refractivity contribution in [3.8, 4) is 11.1 Å². The second-order valence-corrected chi connectivity index (χ2v) is 12.6. The minimum absolute atomic E-state index is 0.123. The monoisotopic (exact) mass is 648 g/mol. The lowest BCUT2D eigenvalue weighted by Crippen LogP contribution is -2.47. The molecule has 3 aromatic heterocycles. The minimum Gasteiger partial charge on any atom is -0.363 e. The number of nitrogens with two attached hydrogens (primary N) is 1. The number of rotatable bonds is 7. The van der Waals surface area contributed by atoms with Crippen LogP contribution in [0, 0.1) is 26.2 Å². The molecule has 1 saturated heterocycles. The zero-order valence-electron chi connectivity index (χ0n) is 26.2. The zero-order chi connectivity index (χ0) is 34.2. The van der Waals surface area contributed by atoms with E-state index in [0.29, 0.717) is 51.7 Å². The molecule has 3 N–H and O–H groups in total. The Kier molecular flexibility index (Phi) is 7.40. The highest BCUT2D eigenvalue weighted by atomic mass is 19.4. The number of aromatic nitrogens is 5. The molecular weight excluding hydrogens is 617 g/mol. The van der Waals surface area contributed by atoms with Crippen LogP contribution in [-0.4, -0.2) is 65.2 Å². The first-order chi connectivity index (χ1) is 22.0. The summed E-state index contributed by atoms with van der Waals surface area (Å²) in [5, 5.41) is 7.52. The highest BCUT2D eigenvalue weighted by molar-refractivity contribution is 6.07. The van der Waals surface area contributed by atoms with Gasteiger partial charge in [-0.25, -0.2) is 15.0 Å². The van der Waals surface area contributed by atoms with Gasteiger partial charge in [-0.1, -0.05) is 13.0 Å². The number of amides is 3. The summed E-state index contributed by atoms with van der Waals surface area (Å²) in [7, 11) is 0. The number of alkyl halides is 3. The summed E-state index contributed by atoms with van der Waals surface area (Å²) >= 11 is 0. The summed E-state index contributed by atoms with van der Waals surface area (Å²) in [6.07, 6.45) is -2.19. The molecule has 244 valence electrons. The molecular formula is C32H31F3N8O4. The van der Waals surface area contributed by atoms with Gasteiger partial charge < -0.3 is 16.0 Å². The molecule has 1 aliphatic heterocycles. The fraction of sp³-hybridized carbons (Fsp3) is 0.375. The van der Waals surface area contributed by atoms with Gasteiger partial charge in [-0.2, -0.15) is 18.3 Å². The number of pyridine rings is 1. The summed E-state index contributed by atoms with van der Waals surface area (Å²) < 4.78 is 41.3. The lowest BCUT2D eigenvalue weighted by atomic mass is 9.99. The number of nitrogens with one attached hydrogen (secondary N) is 1. The zero-order valence-corrected chi connectivity index (χ0v) is 26.2. The second kappa shape index (κ2) is 11.0. The number of carbonyl (C=O) groups is 4. The fourth-order valence-corrected chi connectivity index (χ4v) is 6.51. The van der Waals surface area contributed by atoms with Gasteiger partial charge >= 0.3 is 6.18 Å². The average molecular weight is 649 g/mol. The summed E-state index contributed by atoms with van der Waals surface area (Å²) in [6, 6.07) is 4.49. The number of primary amides is 1. The number of aryl methyl sites for hydroxylation is 3. The van der Waals surface area contributed by atoms with E-state index in [0.717, 1.165) is 6.07 Å². The molecule has 6 rings (SSSR count). The molecule has 1 aliphatic carbocycles. The number of Topliss-reactive ketones (excluding diaryl/α,β-unsaturated/α-hetero) is 1. The molecule has 0 unspecified atom stereocenters. The molecule has 0 spiro atoms. The van der Waals surface area contributed by atoms with Crippen molar-refractivity contribution in [2.75, 3.05) is 5.32 Å². The van der Waals surface area contributed by atoms with Crippen molar-refractivity contribution < 1.29 is 32.3 Å². The number of fused-ring (bicyclic) bond motifs is 2. The standard InChI is InChI=1S/C32H31F3N8O4/c1-14-6-7-22(32(33,34)35)39-28(14)40-30(47)21-10-31(5)11-23(31)43(21)24(45)13-42-26-15(2)8-18(9-19(26)25(41-42)17(4)44)20-12-37-29(27(36)46)38-16(20)3/h6-9,12,21,23H,10-11,13H2,1-5H3,(H2,36,46)(H,39,40,47)/t21-,23+,31-/m0/s1. The van der Waals surface area contributed by atoms with E-state index in [1.807, 2.05) is 13.0 Å². The number of nitrogens with zero attached hydrogens (tertiary/aromatic N) is 6. The lowest BCUT2D eigenvalue weighted by Gasteiger charge is -2.27. The van der Waals surface area contributed by atoms with Gasteiger partial charge in [0.25, 0.3) is 5.91 Å². The highest BCUT2D eigenvalue weighted by Gasteiger charge is 2.64. The van der Waals surface area contributed by atoms with Crippen molar-refractivity contribution >= 4 is 40.2 Å². The van der Waals surface area contributed by atoms with Crippen molar-refractivity contribution in [1.29, 1.82) is 0 Å². The van der Waals surface area contributed by atoms with E-state index >= 15 is 0 Å². The molecule has 15 heteroatoms. The second-order valence-electron chi connectivity index (χ2n) is 12.6. The van der Waals surface area contributed by atoms with Crippen LogP contribution in [0.25, 0.3) is 22.0 Å². The largest absolute Gasteiger partial charge is 0.433 e. The van der Waals surface area contributed by atoms with Crippen molar-refractivity contribution in [1.82, 2.24) is 29.6 Å². The van der Waals surface area contributed by atoms with E-state index in [4.69, 9.17) is 5.73 Å². The molecule has 2 fully saturated rings. The molecule has 3 amide bonds. The Morgan fingerprint density at radius 3 is 2.43 bits per heavy atom. The smallest absolute Gasteiger partial charge is 0.363 e. The number of halogens is 3. The summed E-state index contributed by atoms with van der Waals surface area (Å²) in [6.45, 7) is 8.09. The maximum absolute atomic E-state index is 13.9. The third kappa shape index (κ3) is 5.59. The summed E-state index contributed by atoms with van der Waals surface area (Å²) in [5.74, 6) is -2.48. The Bertz CT molecular complexity index is 2020. The van der Waals surface area contributed by atoms with E-state index in [1.54, 1.807) is 19.9 Å². The molecule has 12 nitrogen and oxygen atoms in total. The normalized spacial score (nSPS) is 20.3. The van der Waals surface area contributed by atoms with Gasteiger partial charge in [0.2, 0.25) is 17.6 Å². The Labute approximate surface area is 266 Å². The van der Waals surface area contributed by atoms with Crippen LogP contribution in [0.5, 0.6) is 0 Å². The van der Waals surface area contributed by atoms with Crippen molar-refractivity contribution in [2.24, 2.45) is 11.1 Å². The van der Waals surface area contributed by atoms with E-state index in [2.05, 4.69) is 25.4 Å². The van der Waals surface area contributed by atoms with E-state index in [-0.39, 0.29) is 41.1 Å². The van der Waals surface area contributed by atoms with Gasteiger partial charge in [-0.15, -0.1) is 0 Å². The third-order valence-corrected chi connectivity index (χ3v) is 9.02. The van der Waals surface area contributed by atoms with Gasteiger partial charge in [0, 0.05) is 35.8 Å². The minimum atomic E-state index is -4.69. The molecule has 4 aromatic rings. The SMILES string of the molecule is CC(=O)c1nn(CC(=O)N2[C@H](C(=O)Nc3nc(C(F)(F)F)ccc3C)C[C@@]3(C)C[C@@H]23)c2c(C)cc(-c3cnc(C(N)=O)nc3C)cc12. The molecule has 47 heavy (non-hydrogen) atoms. The Morgan fingerprint density at radius 2 is 1.79 bits per heavy atom. The van der Waals surface area contributed by atoms with Crippen LogP contribution in [0.2, 0.25) is 0 Å². The Morgan fingerprint density at radius 1 is 1.06 bits per heavy atom. The van der Waals surface area contributed by atoms with Crippen LogP contribution < -0.4 is 11.1 Å². The van der Waals surface area contributed by atoms with Gasteiger partial charge in [0.05, 0.1) is 5.52 Å². The van der Waals surface area contributed by atoms with Crippen LogP contribution in [-0.2, 0) is 22.3 Å². The summed E-state index contributed by atoms with van der Waals surface area (Å²) in [4.78, 5) is 65.0. The topological polar surface area (TPSA) is 166 Å². The van der Waals surface area contributed by atoms with Crippen molar-refractivity contribution in [3.63, 3.8) is 0 Å². The molecule has 0 radical (unpaired) electrons. The van der Waals surface area contributed by atoms with Crippen LogP contribution in [0.1, 0.15) is 70.3 Å². The number of likely N-dealkylation sites (tertiary alicyclic amines) is 1. The quantitative estimate of drug-likeness (QED) is 0.282. The first-order valence-corrected chi connectivity index (χ1v) is 14.8. The Balaban J connectivity index is 1.31. The van der Waals surface area contributed by atoms with E-state index in [9.17, 15) is 32.3 Å².